The highest BCUT2D eigenvalue weighted by atomic mass is 16.4. The third-order valence-electron chi connectivity index (χ3n) is 2.93. The topological polar surface area (TPSA) is 77.8 Å². The zero-order valence-corrected chi connectivity index (χ0v) is 10.3. The van der Waals surface area contributed by atoms with Crippen molar-refractivity contribution in [2.75, 3.05) is 7.05 Å². The van der Waals surface area contributed by atoms with Crippen LogP contribution in [0.4, 0.5) is 0 Å². The number of hydrogen-bond acceptors (Lipinski definition) is 3. The van der Waals surface area contributed by atoms with Gasteiger partial charge in [0, 0.05) is 19.4 Å². The molecule has 0 radical (unpaired) electrons. The second-order valence-corrected chi connectivity index (χ2v) is 4.29. The Morgan fingerprint density at radius 1 is 1.00 bits per heavy atom. The van der Waals surface area contributed by atoms with Gasteiger partial charge >= 0.3 is 11.9 Å². The van der Waals surface area contributed by atoms with E-state index in [2.05, 4.69) is 0 Å². The quantitative estimate of drug-likeness (QED) is 0.863. The van der Waals surface area contributed by atoms with Gasteiger partial charge in [0.15, 0.2) is 0 Å². The van der Waals surface area contributed by atoms with E-state index in [1.807, 2.05) is 0 Å². The molecule has 0 saturated heterocycles. The minimum atomic E-state index is -1.12. The van der Waals surface area contributed by atoms with E-state index in [-0.39, 0.29) is 11.1 Å². The number of rotatable bonds is 3. The molecule has 0 fully saturated rings. The normalized spacial score (nSPS) is 15.7. The van der Waals surface area contributed by atoms with Crippen molar-refractivity contribution < 1.29 is 19.8 Å². The van der Waals surface area contributed by atoms with Crippen LogP contribution in [0.1, 0.15) is 11.5 Å². The van der Waals surface area contributed by atoms with Crippen LogP contribution in [0.2, 0.25) is 0 Å². The van der Waals surface area contributed by atoms with Gasteiger partial charge in [0.1, 0.15) is 0 Å². The van der Waals surface area contributed by atoms with E-state index in [9.17, 15) is 19.8 Å². The van der Waals surface area contributed by atoms with E-state index >= 15 is 0 Å². The van der Waals surface area contributed by atoms with Gasteiger partial charge in [-0.1, -0.05) is 30.3 Å². The van der Waals surface area contributed by atoms with Gasteiger partial charge < -0.3 is 15.1 Å². The summed E-state index contributed by atoms with van der Waals surface area (Å²) in [4.78, 5) is 24.1. The van der Waals surface area contributed by atoms with Crippen LogP contribution in [0.3, 0.4) is 0 Å². The highest BCUT2D eigenvalue weighted by Gasteiger charge is 2.33. The standard InChI is InChI=1S/C14H13NO4/c1-15-7-10(13(16)17)12(11(8-15)14(18)19)9-5-3-2-4-6-9/h2-8,12H,1H3,(H,16,17)(H,18,19). The van der Waals surface area contributed by atoms with Crippen LogP contribution >= 0.6 is 0 Å². The van der Waals surface area contributed by atoms with E-state index in [1.165, 1.54) is 17.3 Å². The first-order valence-electron chi connectivity index (χ1n) is 5.67. The third kappa shape index (κ3) is 2.49. The lowest BCUT2D eigenvalue weighted by Crippen LogP contribution is -2.25. The average Bonchev–Trinajstić information content (AvgIpc) is 2.38. The van der Waals surface area contributed by atoms with Crippen LogP contribution in [-0.2, 0) is 9.59 Å². The maximum absolute atomic E-state index is 11.3. The molecule has 1 heterocycles. The van der Waals surface area contributed by atoms with Crippen molar-refractivity contribution in [2.45, 2.75) is 5.92 Å². The molecule has 0 aliphatic carbocycles. The number of carboxylic acid groups (broad SMARTS) is 2. The highest BCUT2D eigenvalue weighted by molar-refractivity contribution is 5.97. The fourth-order valence-electron chi connectivity index (χ4n) is 2.15. The molecule has 1 aromatic rings. The second kappa shape index (κ2) is 4.97. The van der Waals surface area contributed by atoms with Crippen LogP contribution in [-0.4, -0.2) is 34.1 Å². The van der Waals surface area contributed by atoms with Gasteiger partial charge in [0.25, 0.3) is 0 Å². The van der Waals surface area contributed by atoms with Gasteiger partial charge in [0.05, 0.1) is 17.1 Å². The van der Waals surface area contributed by atoms with Crippen molar-refractivity contribution >= 4 is 11.9 Å². The Labute approximate surface area is 110 Å². The Kier molecular flexibility index (Phi) is 3.37. The Morgan fingerprint density at radius 2 is 1.47 bits per heavy atom. The summed E-state index contributed by atoms with van der Waals surface area (Å²) in [6, 6.07) is 8.76. The molecule has 0 unspecified atom stereocenters. The van der Waals surface area contributed by atoms with Crippen molar-refractivity contribution in [1.82, 2.24) is 4.90 Å². The molecule has 1 aromatic carbocycles. The molecule has 0 aromatic heterocycles. The summed E-state index contributed by atoms with van der Waals surface area (Å²) < 4.78 is 0. The van der Waals surface area contributed by atoms with Crippen LogP contribution < -0.4 is 0 Å². The van der Waals surface area contributed by atoms with Gasteiger partial charge in [-0.3, -0.25) is 0 Å². The predicted octanol–water partition coefficient (Wildman–Crippen LogP) is 1.65. The molecule has 98 valence electrons. The maximum atomic E-state index is 11.3. The first-order chi connectivity index (χ1) is 9.00. The van der Waals surface area contributed by atoms with Crippen molar-refractivity contribution in [1.29, 1.82) is 0 Å². The van der Waals surface area contributed by atoms with Crippen LogP contribution in [0.25, 0.3) is 0 Å². The summed E-state index contributed by atoms with van der Waals surface area (Å²) >= 11 is 0. The number of aliphatic carboxylic acids is 2. The van der Waals surface area contributed by atoms with E-state index < -0.39 is 17.9 Å². The molecule has 0 amide bonds. The number of benzene rings is 1. The molecule has 0 atom stereocenters. The predicted molar refractivity (Wildman–Crippen MR) is 68.4 cm³/mol. The molecule has 0 saturated carbocycles. The van der Waals surface area contributed by atoms with Gasteiger partial charge in [-0.25, -0.2) is 9.59 Å². The van der Waals surface area contributed by atoms with Gasteiger partial charge in [-0.2, -0.15) is 0 Å². The van der Waals surface area contributed by atoms with Crippen LogP contribution in [0.5, 0.6) is 0 Å². The molecular weight excluding hydrogens is 246 g/mol. The molecule has 2 rings (SSSR count). The summed E-state index contributed by atoms with van der Waals surface area (Å²) in [6.45, 7) is 0. The highest BCUT2D eigenvalue weighted by Crippen LogP contribution is 2.35. The zero-order valence-electron chi connectivity index (χ0n) is 10.3. The molecular formula is C14H13NO4. The number of carboxylic acids is 2. The SMILES string of the molecule is CN1C=C(C(=O)O)C(c2ccccc2)C(C(=O)O)=C1. The van der Waals surface area contributed by atoms with Crippen molar-refractivity contribution in [3.8, 4) is 0 Å². The number of hydrogen-bond donors (Lipinski definition) is 2. The lowest BCUT2D eigenvalue weighted by atomic mass is 9.83. The third-order valence-corrected chi connectivity index (χ3v) is 2.93. The minimum Gasteiger partial charge on any atom is -0.478 e. The van der Waals surface area contributed by atoms with Gasteiger partial charge in [-0.15, -0.1) is 0 Å². The van der Waals surface area contributed by atoms with Crippen molar-refractivity contribution in [3.05, 3.63) is 59.4 Å². The number of carbonyl (C=O) groups is 2. The Morgan fingerprint density at radius 3 is 1.89 bits per heavy atom. The van der Waals surface area contributed by atoms with E-state index in [0.717, 1.165) is 0 Å². The summed E-state index contributed by atoms with van der Waals surface area (Å²) in [5.41, 5.74) is 0.750. The first kappa shape index (κ1) is 12.9. The average molecular weight is 259 g/mol. The molecule has 0 bridgehead atoms. The molecule has 5 nitrogen and oxygen atoms in total. The van der Waals surface area contributed by atoms with Gasteiger partial charge in [0.2, 0.25) is 0 Å². The Hall–Kier alpha value is -2.56. The van der Waals surface area contributed by atoms with E-state index in [0.29, 0.717) is 5.56 Å². The minimum absolute atomic E-state index is 0.0496. The van der Waals surface area contributed by atoms with Crippen molar-refractivity contribution in [3.63, 3.8) is 0 Å². The van der Waals surface area contributed by atoms with Gasteiger partial charge in [-0.05, 0) is 5.56 Å². The monoisotopic (exact) mass is 259 g/mol. The Balaban J connectivity index is 2.56. The summed E-state index contributed by atoms with van der Waals surface area (Å²) in [5.74, 6) is -2.99. The fraction of sp³-hybridized carbons (Fsp3) is 0.143. The zero-order chi connectivity index (χ0) is 14.0. The molecule has 0 spiro atoms. The Bertz CT molecular complexity index is 542. The van der Waals surface area contributed by atoms with Crippen molar-refractivity contribution in [2.24, 2.45) is 0 Å². The lowest BCUT2D eigenvalue weighted by molar-refractivity contribution is -0.133. The smallest absolute Gasteiger partial charge is 0.334 e. The van der Waals surface area contributed by atoms with Crippen LogP contribution in [0.15, 0.2) is 53.9 Å². The summed E-state index contributed by atoms with van der Waals surface area (Å²) in [7, 11) is 1.60. The lowest BCUT2D eigenvalue weighted by Gasteiger charge is -2.26. The van der Waals surface area contributed by atoms with Crippen LogP contribution in [0, 0.1) is 0 Å². The maximum Gasteiger partial charge on any atom is 0.334 e. The fourth-order valence-corrected chi connectivity index (χ4v) is 2.15. The second-order valence-electron chi connectivity index (χ2n) is 4.29. The molecule has 5 heteroatoms. The summed E-state index contributed by atoms with van der Waals surface area (Å²) in [6.07, 6.45) is 2.87. The first-order valence-corrected chi connectivity index (χ1v) is 5.67. The molecule has 2 N–H and O–H groups in total. The molecule has 1 aliphatic heterocycles. The molecule has 19 heavy (non-hydrogen) atoms. The van der Waals surface area contributed by atoms with E-state index in [4.69, 9.17) is 0 Å². The largest absolute Gasteiger partial charge is 0.478 e. The summed E-state index contributed by atoms with van der Waals surface area (Å²) in [5, 5.41) is 18.5. The molecule has 1 aliphatic rings. The number of nitrogens with zero attached hydrogens (tertiary/aromatic N) is 1. The van der Waals surface area contributed by atoms with E-state index in [1.54, 1.807) is 37.4 Å².